The lowest BCUT2D eigenvalue weighted by atomic mass is 10.1. The average Bonchev–Trinajstić information content (AvgIpc) is 2.71. The van der Waals surface area contributed by atoms with Gasteiger partial charge in [0, 0.05) is 17.5 Å². The molecule has 1 aliphatic rings. The summed E-state index contributed by atoms with van der Waals surface area (Å²) in [4.78, 5) is 38.5. The molecule has 0 aromatic heterocycles. The van der Waals surface area contributed by atoms with E-state index < -0.39 is 16.7 Å². The molecule has 2 aromatic carbocycles. The molecule has 1 N–H and O–H groups in total. The van der Waals surface area contributed by atoms with Gasteiger partial charge in [-0.05, 0) is 49.0 Å². The van der Waals surface area contributed by atoms with Gasteiger partial charge < -0.3 is 0 Å². The summed E-state index contributed by atoms with van der Waals surface area (Å²) in [5.74, 6) is -1.23. The third-order valence-electron chi connectivity index (χ3n) is 4.24. The molecule has 152 valence electrons. The van der Waals surface area contributed by atoms with Crippen LogP contribution >= 0.6 is 24.0 Å². The van der Waals surface area contributed by atoms with Crippen LogP contribution in [-0.2, 0) is 9.59 Å². The van der Waals surface area contributed by atoms with Crippen LogP contribution in [0.5, 0.6) is 0 Å². The summed E-state index contributed by atoms with van der Waals surface area (Å²) in [5.41, 5.74) is 1.19. The largest absolute Gasteiger partial charge is 0.298 e. The summed E-state index contributed by atoms with van der Waals surface area (Å²) in [5, 5.41) is 14.1. The fraction of sp³-hybridized carbons (Fsp3) is 0.0952. The molecule has 0 radical (unpaired) electrons. The molecular formula is C21H17N3O4S2. The molecule has 2 aromatic rings. The van der Waals surface area contributed by atoms with Crippen molar-refractivity contribution in [2.75, 3.05) is 6.54 Å². The zero-order valence-corrected chi connectivity index (χ0v) is 17.6. The molecule has 1 aliphatic heterocycles. The molecule has 30 heavy (non-hydrogen) atoms. The Kier molecular flexibility index (Phi) is 6.43. The van der Waals surface area contributed by atoms with E-state index in [-0.39, 0.29) is 22.9 Å². The third-order valence-corrected chi connectivity index (χ3v) is 5.63. The van der Waals surface area contributed by atoms with Crippen LogP contribution in [-0.4, -0.2) is 33.3 Å². The fourth-order valence-electron chi connectivity index (χ4n) is 2.74. The van der Waals surface area contributed by atoms with Crippen molar-refractivity contribution in [3.05, 3.63) is 81.9 Å². The maximum absolute atomic E-state index is 12.6. The predicted molar refractivity (Wildman–Crippen MR) is 119 cm³/mol. The minimum Gasteiger partial charge on any atom is -0.298 e. The maximum Gasteiger partial charge on any atom is 0.283 e. The Morgan fingerprint density at radius 3 is 2.57 bits per heavy atom. The zero-order valence-electron chi connectivity index (χ0n) is 16.0. The molecule has 2 amide bonds. The number of nitro benzene ring substituents is 1. The molecule has 0 atom stereocenters. The van der Waals surface area contributed by atoms with Crippen LogP contribution in [0.25, 0.3) is 6.08 Å². The lowest BCUT2D eigenvalue weighted by Crippen LogP contribution is -2.53. The van der Waals surface area contributed by atoms with E-state index in [0.717, 1.165) is 10.5 Å². The van der Waals surface area contributed by atoms with Gasteiger partial charge in [-0.1, -0.05) is 41.6 Å². The number of carbonyl (C=O) groups is 2. The van der Waals surface area contributed by atoms with Crippen LogP contribution in [0.3, 0.4) is 0 Å². The van der Waals surface area contributed by atoms with Gasteiger partial charge in [-0.25, -0.2) is 0 Å². The van der Waals surface area contributed by atoms with E-state index in [2.05, 4.69) is 11.9 Å². The second-order valence-electron chi connectivity index (χ2n) is 6.42. The van der Waals surface area contributed by atoms with Crippen LogP contribution in [0.1, 0.15) is 11.1 Å². The quantitative estimate of drug-likeness (QED) is 0.183. The molecule has 3 rings (SSSR count). The minimum absolute atomic E-state index is 0.00197. The number of rotatable bonds is 6. The summed E-state index contributed by atoms with van der Waals surface area (Å²) in [6.45, 7) is 5.67. The van der Waals surface area contributed by atoms with Crippen molar-refractivity contribution in [2.45, 2.75) is 16.7 Å². The minimum atomic E-state index is -0.647. The van der Waals surface area contributed by atoms with Gasteiger partial charge >= 0.3 is 0 Å². The lowest BCUT2D eigenvalue weighted by Gasteiger charge is -2.27. The number of nitro groups is 1. The number of hydrogen-bond donors (Lipinski definition) is 1. The van der Waals surface area contributed by atoms with Gasteiger partial charge in [-0.3, -0.25) is 29.9 Å². The highest BCUT2D eigenvalue weighted by atomic mass is 32.2. The SMILES string of the molecule is C=CCN1C(=O)C(=Cc2ccc(Sc3ccc(C)cc3)c([N+](=O)[O-])c2)C(=O)NC1=S. The Balaban J connectivity index is 1.95. The Morgan fingerprint density at radius 2 is 1.93 bits per heavy atom. The first-order valence-corrected chi connectivity index (χ1v) is 10.1. The molecular weight excluding hydrogens is 422 g/mol. The fourth-order valence-corrected chi connectivity index (χ4v) is 3.89. The van der Waals surface area contributed by atoms with Gasteiger partial charge in [0.1, 0.15) is 5.57 Å². The molecule has 9 heteroatoms. The highest BCUT2D eigenvalue weighted by Crippen LogP contribution is 2.36. The topological polar surface area (TPSA) is 92.6 Å². The van der Waals surface area contributed by atoms with Crippen LogP contribution < -0.4 is 5.32 Å². The molecule has 0 aliphatic carbocycles. The van der Waals surface area contributed by atoms with Crippen molar-refractivity contribution in [2.24, 2.45) is 0 Å². The molecule has 7 nitrogen and oxygen atoms in total. The van der Waals surface area contributed by atoms with Crippen LogP contribution in [0, 0.1) is 17.0 Å². The first-order chi connectivity index (χ1) is 14.3. The van der Waals surface area contributed by atoms with Crippen molar-refractivity contribution in [1.82, 2.24) is 10.2 Å². The molecule has 0 spiro atoms. The van der Waals surface area contributed by atoms with Crippen LogP contribution in [0.15, 0.2) is 70.5 Å². The zero-order chi connectivity index (χ0) is 21.8. The monoisotopic (exact) mass is 439 g/mol. The number of benzene rings is 2. The maximum atomic E-state index is 12.6. The number of nitrogens with zero attached hydrogens (tertiary/aromatic N) is 2. The van der Waals surface area contributed by atoms with Crippen LogP contribution in [0.4, 0.5) is 5.69 Å². The molecule has 1 heterocycles. The van der Waals surface area contributed by atoms with Gasteiger partial charge in [0.15, 0.2) is 5.11 Å². The van der Waals surface area contributed by atoms with Gasteiger partial charge in [-0.15, -0.1) is 6.58 Å². The van der Waals surface area contributed by atoms with E-state index in [1.54, 1.807) is 12.1 Å². The highest BCUT2D eigenvalue weighted by molar-refractivity contribution is 7.99. The molecule has 0 unspecified atom stereocenters. The van der Waals surface area contributed by atoms with Crippen molar-refractivity contribution in [3.8, 4) is 0 Å². The van der Waals surface area contributed by atoms with Gasteiger partial charge in [0.05, 0.1) is 9.82 Å². The Labute approximate surface area is 182 Å². The van der Waals surface area contributed by atoms with Crippen molar-refractivity contribution < 1.29 is 14.5 Å². The average molecular weight is 440 g/mol. The van der Waals surface area contributed by atoms with Gasteiger partial charge in [0.2, 0.25) is 0 Å². The molecule has 1 fully saturated rings. The highest BCUT2D eigenvalue weighted by Gasteiger charge is 2.32. The number of hydrogen-bond acceptors (Lipinski definition) is 6. The summed E-state index contributed by atoms with van der Waals surface area (Å²) in [7, 11) is 0. The third kappa shape index (κ3) is 4.64. The van der Waals surface area contributed by atoms with Gasteiger partial charge in [0.25, 0.3) is 17.5 Å². The van der Waals surface area contributed by atoms with Crippen molar-refractivity contribution >= 4 is 52.7 Å². The number of amides is 2. The van der Waals surface area contributed by atoms with E-state index in [9.17, 15) is 19.7 Å². The van der Waals surface area contributed by atoms with Crippen molar-refractivity contribution in [1.29, 1.82) is 0 Å². The lowest BCUT2D eigenvalue weighted by molar-refractivity contribution is -0.387. The van der Waals surface area contributed by atoms with E-state index in [1.165, 1.54) is 34.9 Å². The summed E-state index contributed by atoms with van der Waals surface area (Å²) >= 11 is 6.28. The van der Waals surface area contributed by atoms with Crippen molar-refractivity contribution in [3.63, 3.8) is 0 Å². The second kappa shape index (κ2) is 9.02. The normalized spacial score (nSPS) is 15.3. The van der Waals surface area contributed by atoms with E-state index in [0.29, 0.717) is 10.5 Å². The molecule has 0 bridgehead atoms. The predicted octanol–water partition coefficient (Wildman–Crippen LogP) is 3.87. The van der Waals surface area contributed by atoms with E-state index in [1.807, 2.05) is 31.2 Å². The summed E-state index contributed by atoms with van der Waals surface area (Å²) in [6, 6.07) is 12.2. The standard InChI is InChI=1S/C21H17N3O4S2/c1-3-10-23-20(26)16(19(25)22-21(23)29)11-14-6-9-18(17(12-14)24(27)28)30-15-7-4-13(2)5-8-15/h3-9,11-12H,1,10H2,2H3,(H,22,25,29). The Hall–Kier alpha value is -3.30. The molecule has 0 saturated carbocycles. The van der Waals surface area contributed by atoms with E-state index in [4.69, 9.17) is 12.2 Å². The molecule has 1 saturated heterocycles. The number of nitrogens with one attached hydrogen (secondary N) is 1. The van der Waals surface area contributed by atoms with Gasteiger partial charge in [-0.2, -0.15) is 0 Å². The number of thiocarbonyl (C=S) groups is 1. The first kappa shape index (κ1) is 21.4. The number of aryl methyl sites for hydroxylation is 1. The number of carbonyl (C=O) groups excluding carboxylic acids is 2. The first-order valence-electron chi connectivity index (χ1n) is 8.83. The smallest absolute Gasteiger partial charge is 0.283 e. The van der Waals surface area contributed by atoms with E-state index >= 15 is 0 Å². The van der Waals surface area contributed by atoms with Crippen LogP contribution in [0.2, 0.25) is 0 Å². The summed E-state index contributed by atoms with van der Waals surface area (Å²) < 4.78 is 0. The summed E-state index contributed by atoms with van der Waals surface area (Å²) in [6.07, 6.45) is 2.81. The Bertz CT molecular complexity index is 1090. The Morgan fingerprint density at radius 1 is 1.23 bits per heavy atom. The second-order valence-corrected chi connectivity index (χ2v) is 7.92.